The van der Waals surface area contributed by atoms with Crippen molar-refractivity contribution in [3.63, 3.8) is 0 Å². The first-order valence-electron chi connectivity index (χ1n) is 9.62. The van der Waals surface area contributed by atoms with Gasteiger partial charge in [-0.25, -0.2) is 9.59 Å². The van der Waals surface area contributed by atoms with Crippen molar-refractivity contribution in [3.05, 3.63) is 59.7 Å². The van der Waals surface area contributed by atoms with Crippen molar-refractivity contribution >= 4 is 18.0 Å². The lowest BCUT2D eigenvalue weighted by Crippen LogP contribution is -2.53. The topological polar surface area (TPSA) is 125 Å². The molecular formula is C22H24N2O6. The molecule has 8 nitrogen and oxygen atoms in total. The third-order valence-corrected chi connectivity index (χ3v) is 5.12. The zero-order chi connectivity index (χ0) is 21.8. The summed E-state index contributed by atoms with van der Waals surface area (Å²) in [5, 5.41) is 23.1. The molecular weight excluding hydrogens is 388 g/mol. The molecule has 0 saturated heterocycles. The Bertz CT molecular complexity index is 913. The summed E-state index contributed by atoms with van der Waals surface area (Å²) in [5.74, 6) is -2.22. The summed E-state index contributed by atoms with van der Waals surface area (Å²) in [5.41, 5.74) is 4.34. The molecule has 4 N–H and O–H groups in total. The molecule has 8 heteroatoms. The third kappa shape index (κ3) is 4.44. The normalized spacial score (nSPS) is 15.3. The molecule has 30 heavy (non-hydrogen) atoms. The summed E-state index contributed by atoms with van der Waals surface area (Å²) in [6.45, 7) is 2.75. The summed E-state index contributed by atoms with van der Waals surface area (Å²) < 4.78 is 5.36. The Morgan fingerprint density at radius 3 is 2.00 bits per heavy atom. The van der Waals surface area contributed by atoms with Gasteiger partial charge in [0.25, 0.3) is 0 Å². The van der Waals surface area contributed by atoms with Gasteiger partial charge in [0.2, 0.25) is 5.91 Å². The number of hydrogen-bond donors (Lipinski definition) is 4. The summed E-state index contributed by atoms with van der Waals surface area (Å²) >= 11 is 0. The van der Waals surface area contributed by atoms with E-state index in [9.17, 15) is 19.5 Å². The van der Waals surface area contributed by atoms with Crippen LogP contribution in [0.15, 0.2) is 48.5 Å². The number of hydrogen-bond acceptors (Lipinski definition) is 5. The molecule has 1 aliphatic rings. The van der Waals surface area contributed by atoms with Crippen molar-refractivity contribution in [1.82, 2.24) is 10.6 Å². The number of nitrogens with one attached hydrogen (secondary N) is 2. The molecule has 0 spiro atoms. The fourth-order valence-corrected chi connectivity index (χ4v) is 3.55. The molecule has 3 rings (SSSR count). The fraction of sp³-hybridized carbons (Fsp3) is 0.318. The highest BCUT2D eigenvalue weighted by molar-refractivity contribution is 5.89. The van der Waals surface area contributed by atoms with E-state index in [-0.39, 0.29) is 12.5 Å². The molecule has 0 bridgehead atoms. The van der Waals surface area contributed by atoms with Gasteiger partial charge >= 0.3 is 12.1 Å². The fourth-order valence-electron chi connectivity index (χ4n) is 3.55. The second kappa shape index (κ2) is 8.96. The van der Waals surface area contributed by atoms with E-state index in [0.29, 0.717) is 0 Å². The van der Waals surface area contributed by atoms with Crippen molar-refractivity contribution in [2.24, 2.45) is 0 Å². The number of carboxylic acid groups (broad SMARTS) is 1. The number of rotatable bonds is 7. The molecule has 0 saturated carbocycles. The van der Waals surface area contributed by atoms with Crippen LogP contribution in [0.1, 0.15) is 30.9 Å². The molecule has 0 aliphatic heterocycles. The number of carboxylic acids is 1. The van der Waals surface area contributed by atoms with Crippen LogP contribution in [-0.2, 0) is 14.3 Å². The van der Waals surface area contributed by atoms with E-state index in [1.807, 2.05) is 48.5 Å². The average molecular weight is 412 g/mol. The minimum absolute atomic E-state index is 0.0968. The number of fused-ring (bicyclic) bond motifs is 3. The molecule has 0 heterocycles. The van der Waals surface area contributed by atoms with Crippen LogP contribution in [0.5, 0.6) is 0 Å². The molecule has 2 aromatic carbocycles. The summed E-state index contributed by atoms with van der Waals surface area (Å²) in [4.78, 5) is 35.4. The van der Waals surface area contributed by atoms with E-state index in [1.165, 1.54) is 13.8 Å². The minimum atomic E-state index is -1.47. The number of aliphatic carboxylic acids is 1. The van der Waals surface area contributed by atoms with Gasteiger partial charge in [0.1, 0.15) is 12.6 Å². The van der Waals surface area contributed by atoms with Gasteiger partial charge in [-0.2, -0.15) is 0 Å². The summed E-state index contributed by atoms with van der Waals surface area (Å²) in [7, 11) is 0. The van der Waals surface area contributed by atoms with Crippen molar-refractivity contribution in [2.75, 3.05) is 6.61 Å². The van der Waals surface area contributed by atoms with E-state index < -0.39 is 36.2 Å². The number of carbonyl (C=O) groups excluding carboxylic acids is 2. The Morgan fingerprint density at radius 1 is 0.967 bits per heavy atom. The Balaban J connectivity index is 1.60. The number of benzene rings is 2. The Kier molecular flexibility index (Phi) is 6.37. The standard InChI is InChI=1S/C22H24N2O6/c1-12(20(26)24-19(13(2)25)21(27)28)23-22(29)30-11-18-16-9-5-3-7-14(16)15-8-4-6-10-17(15)18/h3-10,12-13,18-19,25H,11H2,1-2H3,(H,23,29)(H,24,26)(H,27,28)/t12-,13+,19-/m0/s1. The maximum atomic E-state index is 12.2. The van der Waals surface area contributed by atoms with Crippen molar-refractivity contribution in [2.45, 2.75) is 38.0 Å². The molecule has 2 aromatic rings. The predicted molar refractivity (Wildman–Crippen MR) is 109 cm³/mol. The molecule has 0 radical (unpaired) electrons. The van der Waals surface area contributed by atoms with Gasteiger partial charge in [0, 0.05) is 5.92 Å². The maximum absolute atomic E-state index is 12.2. The third-order valence-electron chi connectivity index (χ3n) is 5.12. The minimum Gasteiger partial charge on any atom is -0.480 e. The first-order valence-corrected chi connectivity index (χ1v) is 9.62. The number of amides is 2. The number of aliphatic hydroxyl groups is 1. The number of ether oxygens (including phenoxy) is 1. The Morgan fingerprint density at radius 2 is 1.50 bits per heavy atom. The van der Waals surface area contributed by atoms with Crippen LogP contribution in [0, 0.1) is 0 Å². The number of alkyl carbamates (subject to hydrolysis) is 1. The van der Waals surface area contributed by atoms with Crippen LogP contribution in [0.25, 0.3) is 11.1 Å². The first kappa shape index (κ1) is 21.3. The highest BCUT2D eigenvalue weighted by atomic mass is 16.5. The van der Waals surface area contributed by atoms with Crippen molar-refractivity contribution in [1.29, 1.82) is 0 Å². The van der Waals surface area contributed by atoms with E-state index in [2.05, 4.69) is 10.6 Å². The van der Waals surface area contributed by atoms with Crippen LogP contribution in [0.3, 0.4) is 0 Å². The molecule has 0 fully saturated rings. The van der Waals surface area contributed by atoms with Gasteiger partial charge in [-0.3, -0.25) is 4.79 Å². The van der Waals surface area contributed by atoms with Gasteiger partial charge < -0.3 is 25.6 Å². The number of aliphatic hydroxyl groups excluding tert-OH is 1. The van der Waals surface area contributed by atoms with E-state index >= 15 is 0 Å². The molecule has 0 unspecified atom stereocenters. The van der Waals surface area contributed by atoms with Gasteiger partial charge in [-0.05, 0) is 36.1 Å². The van der Waals surface area contributed by atoms with Gasteiger partial charge in [0.05, 0.1) is 6.10 Å². The van der Waals surface area contributed by atoms with Gasteiger partial charge in [-0.15, -0.1) is 0 Å². The average Bonchev–Trinajstić information content (AvgIpc) is 3.03. The maximum Gasteiger partial charge on any atom is 0.407 e. The monoisotopic (exact) mass is 412 g/mol. The SMILES string of the molecule is C[C@H](NC(=O)OCC1c2ccccc2-c2ccccc21)C(=O)N[C@H](C(=O)O)[C@@H](C)O. The van der Waals surface area contributed by atoms with Crippen molar-refractivity contribution in [3.8, 4) is 11.1 Å². The first-order chi connectivity index (χ1) is 14.3. The van der Waals surface area contributed by atoms with Crippen LogP contribution in [0.2, 0.25) is 0 Å². The highest BCUT2D eigenvalue weighted by Crippen LogP contribution is 2.44. The quantitative estimate of drug-likeness (QED) is 0.550. The van der Waals surface area contributed by atoms with Crippen LogP contribution in [-0.4, -0.2) is 53.0 Å². The zero-order valence-electron chi connectivity index (χ0n) is 16.7. The predicted octanol–water partition coefficient (Wildman–Crippen LogP) is 1.86. The van der Waals surface area contributed by atoms with Gasteiger partial charge in [0.15, 0.2) is 6.04 Å². The molecule has 2 amide bonds. The lowest BCUT2D eigenvalue weighted by atomic mass is 9.98. The summed E-state index contributed by atoms with van der Waals surface area (Å²) in [6, 6.07) is 13.3. The van der Waals surface area contributed by atoms with Crippen LogP contribution in [0.4, 0.5) is 4.79 Å². The van der Waals surface area contributed by atoms with E-state index in [0.717, 1.165) is 22.3 Å². The summed E-state index contributed by atoms with van der Waals surface area (Å²) in [6.07, 6.45) is -2.07. The van der Waals surface area contributed by atoms with Crippen LogP contribution >= 0.6 is 0 Å². The Hall–Kier alpha value is -3.39. The molecule has 0 aromatic heterocycles. The molecule has 158 valence electrons. The van der Waals surface area contributed by atoms with E-state index in [1.54, 1.807) is 0 Å². The highest BCUT2D eigenvalue weighted by Gasteiger charge is 2.30. The van der Waals surface area contributed by atoms with Gasteiger partial charge in [-0.1, -0.05) is 48.5 Å². The molecule has 3 atom stereocenters. The van der Waals surface area contributed by atoms with E-state index in [4.69, 9.17) is 9.84 Å². The largest absolute Gasteiger partial charge is 0.480 e. The lowest BCUT2D eigenvalue weighted by Gasteiger charge is -2.21. The smallest absolute Gasteiger partial charge is 0.407 e. The second-order valence-electron chi connectivity index (χ2n) is 7.26. The second-order valence-corrected chi connectivity index (χ2v) is 7.26. The zero-order valence-corrected chi connectivity index (χ0v) is 16.7. The lowest BCUT2D eigenvalue weighted by molar-refractivity contribution is -0.145. The number of carbonyl (C=O) groups is 3. The Labute approximate surface area is 173 Å². The van der Waals surface area contributed by atoms with Crippen molar-refractivity contribution < 1.29 is 29.3 Å². The van der Waals surface area contributed by atoms with Crippen LogP contribution < -0.4 is 10.6 Å². The molecule has 1 aliphatic carbocycles.